The number of nitrogens with zero attached hydrogens (tertiary/aromatic N) is 3. The highest BCUT2D eigenvalue weighted by molar-refractivity contribution is 5.29. The number of nitriles is 1. The van der Waals surface area contributed by atoms with Crippen LogP contribution in [-0.2, 0) is 12.6 Å². The molecule has 0 radical (unpaired) electrons. The van der Waals surface area contributed by atoms with Gasteiger partial charge in [-0.2, -0.15) is 18.4 Å². The normalized spacial score (nSPS) is 10.9. The van der Waals surface area contributed by atoms with Crippen molar-refractivity contribution in [2.45, 2.75) is 12.6 Å². The summed E-state index contributed by atoms with van der Waals surface area (Å²) in [5.41, 5.74) is -0.112. The second-order valence-corrected chi connectivity index (χ2v) is 4.52. The van der Waals surface area contributed by atoms with Gasteiger partial charge in [0.2, 0.25) is 5.95 Å². The first-order valence-electron chi connectivity index (χ1n) is 6.72. The van der Waals surface area contributed by atoms with Gasteiger partial charge in [0.1, 0.15) is 18.1 Å². The lowest BCUT2D eigenvalue weighted by molar-refractivity contribution is -0.141. The minimum absolute atomic E-state index is 0.104. The Morgan fingerprint density at radius 2 is 1.91 bits per heavy atom. The monoisotopic (exact) mass is 322 g/mol. The third-order valence-electron chi connectivity index (χ3n) is 2.81. The van der Waals surface area contributed by atoms with Crippen LogP contribution in [0.15, 0.2) is 36.5 Å². The predicted molar refractivity (Wildman–Crippen MR) is 76.8 cm³/mol. The fraction of sp³-hybridized carbons (Fsp3) is 0.267. The molecule has 0 saturated heterocycles. The van der Waals surface area contributed by atoms with Crippen molar-refractivity contribution in [1.82, 2.24) is 9.97 Å². The summed E-state index contributed by atoms with van der Waals surface area (Å²) in [6.07, 6.45) is -3.12. The minimum atomic E-state index is -4.50. The van der Waals surface area contributed by atoms with Crippen LogP contribution in [0, 0.1) is 11.3 Å². The number of hydrogen-bond donors (Lipinski definition) is 1. The highest BCUT2D eigenvalue weighted by Crippen LogP contribution is 2.27. The fourth-order valence-electron chi connectivity index (χ4n) is 1.73. The summed E-state index contributed by atoms with van der Waals surface area (Å²) in [4.78, 5) is 7.11. The van der Waals surface area contributed by atoms with E-state index in [1.54, 1.807) is 24.3 Å². The summed E-state index contributed by atoms with van der Waals surface area (Å²) in [5.74, 6) is 0.506. The number of ether oxygens (including phenoxy) is 1. The maximum Gasteiger partial charge on any atom is 0.433 e. The molecule has 1 aromatic carbocycles. The Labute approximate surface area is 130 Å². The lowest BCUT2D eigenvalue weighted by atomic mass is 10.2. The molecule has 5 nitrogen and oxygen atoms in total. The summed E-state index contributed by atoms with van der Waals surface area (Å²) < 4.78 is 42.9. The molecule has 1 N–H and O–H groups in total. The summed E-state index contributed by atoms with van der Waals surface area (Å²) in [5, 5.41) is 11.2. The molecule has 0 amide bonds. The van der Waals surface area contributed by atoms with Crippen LogP contribution in [0.2, 0.25) is 0 Å². The van der Waals surface area contributed by atoms with Crippen LogP contribution < -0.4 is 10.1 Å². The van der Waals surface area contributed by atoms with Gasteiger partial charge in [-0.05, 0) is 23.8 Å². The van der Waals surface area contributed by atoms with Crippen molar-refractivity contribution in [3.05, 3.63) is 47.8 Å². The second kappa shape index (κ2) is 7.45. The first-order chi connectivity index (χ1) is 11.0. The van der Waals surface area contributed by atoms with E-state index in [1.165, 1.54) is 0 Å². The predicted octanol–water partition coefficient (Wildman–Crippen LogP) is 3.05. The van der Waals surface area contributed by atoms with Crippen LogP contribution in [0.4, 0.5) is 19.1 Å². The number of aromatic nitrogens is 2. The highest BCUT2D eigenvalue weighted by atomic mass is 19.4. The van der Waals surface area contributed by atoms with Crippen molar-refractivity contribution in [3.63, 3.8) is 0 Å². The second-order valence-electron chi connectivity index (χ2n) is 4.52. The van der Waals surface area contributed by atoms with E-state index in [0.29, 0.717) is 12.2 Å². The number of anilines is 1. The molecule has 0 bridgehead atoms. The third kappa shape index (κ3) is 5.14. The van der Waals surface area contributed by atoms with Gasteiger partial charge in [0.05, 0.1) is 19.0 Å². The smallest absolute Gasteiger partial charge is 0.433 e. The van der Waals surface area contributed by atoms with Crippen LogP contribution in [-0.4, -0.2) is 23.1 Å². The zero-order chi connectivity index (χ0) is 16.7. The molecule has 0 aliphatic rings. The van der Waals surface area contributed by atoms with Crippen molar-refractivity contribution in [2.75, 3.05) is 18.5 Å². The van der Waals surface area contributed by atoms with Gasteiger partial charge in [0.15, 0.2) is 0 Å². The quantitative estimate of drug-likeness (QED) is 0.828. The molecule has 2 rings (SSSR count). The van der Waals surface area contributed by atoms with Gasteiger partial charge >= 0.3 is 6.18 Å². The van der Waals surface area contributed by atoms with Gasteiger partial charge in [-0.1, -0.05) is 12.1 Å². The topological polar surface area (TPSA) is 70.8 Å². The Kier molecular flexibility index (Phi) is 5.36. The molecule has 0 fully saturated rings. The molecule has 0 aliphatic heterocycles. The van der Waals surface area contributed by atoms with E-state index in [9.17, 15) is 13.2 Å². The van der Waals surface area contributed by atoms with Crippen LogP contribution in [0.3, 0.4) is 0 Å². The van der Waals surface area contributed by atoms with Crippen LogP contribution in [0.5, 0.6) is 5.75 Å². The third-order valence-corrected chi connectivity index (χ3v) is 2.81. The molecule has 2 aromatic rings. The van der Waals surface area contributed by atoms with Crippen molar-refractivity contribution in [1.29, 1.82) is 5.26 Å². The summed E-state index contributed by atoms with van der Waals surface area (Å²) >= 11 is 0. The van der Waals surface area contributed by atoms with Crippen molar-refractivity contribution in [3.8, 4) is 11.8 Å². The van der Waals surface area contributed by atoms with E-state index in [-0.39, 0.29) is 19.1 Å². The molecule has 8 heteroatoms. The first kappa shape index (κ1) is 16.5. The maximum atomic E-state index is 12.5. The van der Waals surface area contributed by atoms with E-state index in [0.717, 1.165) is 17.8 Å². The van der Waals surface area contributed by atoms with Crippen LogP contribution in [0.25, 0.3) is 0 Å². The molecule has 0 aliphatic carbocycles. The standard InChI is InChI=1S/C15H13F3N4O/c16-15(17,18)13-6-8-20-14(22-13)21-9-10-23-12-3-1-11(2-4-12)5-7-19/h1-4,6,8H,5,9-10H2,(H,20,21,22). The van der Waals surface area contributed by atoms with Crippen molar-refractivity contribution < 1.29 is 17.9 Å². The van der Waals surface area contributed by atoms with E-state index < -0.39 is 11.9 Å². The molecular weight excluding hydrogens is 309 g/mol. The largest absolute Gasteiger partial charge is 0.492 e. The number of hydrogen-bond acceptors (Lipinski definition) is 5. The molecule has 0 spiro atoms. The van der Waals surface area contributed by atoms with Crippen LogP contribution in [0.1, 0.15) is 11.3 Å². The zero-order valence-corrected chi connectivity index (χ0v) is 12.0. The number of alkyl halides is 3. The van der Waals surface area contributed by atoms with Gasteiger partial charge in [0, 0.05) is 6.20 Å². The first-order valence-corrected chi connectivity index (χ1v) is 6.72. The molecule has 1 aromatic heterocycles. The van der Waals surface area contributed by atoms with E-state index >= 15 is 0 Å². The van der Waals surface area contributed by atoms with E-state index in [2.05, 4.69) is 15.3 Å². The van der Waals surface area contributed by atoms with Gasteiger partial charge < -0.3 is 10.1 Å². The SMILES string of the molecule is N#CCc1ccc(OCCNc2nccc(C(F)(F)F)n2)cc1. The Bertz CT molecular complexity index is 680. The Balaban J connectivity index is 1.80. The van der Waals surface area contributed by atoms with Crippen molar-refractivity contribution >= 4 is 5.95 Å². The average molecular weight is 322 g/mol. The lowest BCUT2D eigenvalue weighted by Gasteiger charge is -2.09. The summed E-state index contributed by atoms with van der Waals surface area (Å²) in [6, 6.07) is 9.87. The molecule has 0 saturated carbocycles. The maximum absolute atomic E-state index is 12.5. The average Bonchev–Trinajstić information content (AvgIpc) is 2.53. The molecular formula is C15H13F3N4O. The van der Waals surface area contributed by atoms with Crippen LogP contribution >= 0.6 is 0 Å². The summed E-state index contributed by atoms with van der Waals surface area (Å²) in [6.45, 7) is 0.485. The van der Waals surface area contributed by atoms with E-state index in [1.807, 2.05) is 6.07 Å². The minimum Gasteiger partial charge on any atom is -0.492 e. The van der Waals surface area contributed by atoms with Crippen molar-refractivity contribution in [2.24, 2.45) is 0 Å². The zero-order valence-electron chi connectivity index (χ0n) is 12.0. The summed E-state index contributed by atoms with van der Waals surface area (Å²) in [7, 11) is 0. The van der Waals surface area contributed by atoms with E-state index in [4.69, 9.17) is 10.00 Å². The number of benzene rings is 1. The fourth-order valence-corrected chi connectivity index (χ4v) is 1.73. The van der Waals surface area contributed by atoms with Gasteiger partial charge in [-0.3, -0.25) is 0 Å². The van der Waals surface area contributed by atoms with Gasteiger partial charge in [-0.15, -0.1) is 0 Å². The highest BCUT2D eigenvalue weighted by Gasteiger charge is 2.32. The molecule has 0 atom stereocenters. The Morgan fingerprint density at radius 1 is 1.17 bits per heavy atom. The molecule has 1 heterocycles. The number of nitrogens with one attached hydrogen (secondary N) is 1. The van der Waals surface area contributed by atoms with Gasteiger partial charge in [0.25, 0.3) is 0 Å². The lowest BCUT2D eigenvalue weighted by Crippen LogP contribution is -2.15. The number of halogens is 3. The molecule has 0 unspecified atom stereocenters. The molecule has 120 valence electrons. The number of rotatable bonds is 6. The molecule has 23 heavy (non-hydrogen) atoms. The van der Waals surface area contributed by atoms with Gasteiger partial charge in [-0.25, -0.2) is 9.97 Å². The Morgan fingerprint density at radius 3 is 2.57 bits per heavy atom. The Hall–Kier alpha value is -2.82.